The lowest BCUT2D eigenvalue weighted by Crippen LogP contribution is -2.37. The third kappa shape index (κ3) is 7.37. The molecular formula is C23H32N2O4S. The number of anilines is 1. The van der Waals surface area contributed by atoms with Crippen LogP contribution in [-0.2, 0) is 16.7 Å². The molecule has 2 aromatic carbocycles. The number of benzene rings is 2. The Morgan fingerprint density at radius 2 is 1.73 bits per heavy atom. The van der Waals surface area contributed by atoms with Crippen LogP contribution in [0.3, 0.4) is 0 Å². The Labute approximate surface area is 180 Å². The molecule has 0 radical (unpaired) electrons. The second-order valence-corrected chi connectivity index (χ2v) is 9.92. The maximum Gasteiger partial charge on any atom is 0.322 e. The fourth-order valence-electron chi connectivity index (χ4n) is 2.94. The Kier molecular flexibility index (Phi) is 8.29. The maximum absolute atomic E-state index is 12.9. The molecule has 0 aliphatic carbocycles. The molecule has 0 saturated heterocycles. The first-order valence-electron chi connectivity index (χ1n) is 10.3. The molecule has 2 rings (SSSR count). The molecule has 2 aromatic rings. The predicted molar refractivity (Wildman–Crippen MR) is 121 cm³/mol. The largest absolute Gasteiger partial charge is 0.382 e. The van der Waals surface area contributed by atoms with Gasteiger partial charge in [-0.3, -0.25) is 0 Å². The van der Waals surface area contributed by atoms with E-state index in [4.69, 9.17) is 4.18 Å². The number of urea groups is 1. The van der Waals surface area contributed by atoms with E-state index in [0.29, 0.717) is 19.0 Å². The van der Waals surface area contributed by atoms with Crippen LogP contribution in [0.15, 0.2) is 48.5 Å². The summed E-state index contributed by atoms with van der Waals surface area (Å²) in [6, 6.07) is 14.5. The molecule has 0 bridgehead atoms. The molecule has 30 heavy (non-hydrogen) atoms. The van der Waals surface area contributed by atoms with Gasteiger partial charge < -0.3 is 14.4 Å². The quantitative estimate of drug-likeness (QED) is 0.551. The summed E-state index contributed by atoms with van der Waals surface area (Å²) in [5.41, 5.74) is 2.75. The fraction of sp³-hybridized carbons (Fsp3) is 0.435. The average Bonchev–Trinajstić information content (AvgIpc) is 2.67. The monoisotopic (exact) mass is 432 g/mol. The Bertz CT molecular complexity index is 938. The highest BCUT2D eigenvalue weighted by atomic mass is 32.2. The van der Waals surface area contributed by atoms with E-state index in [-0.39, 0.29) is 23.5 Å². The third-order valence-corrected chi connectivity index (χ3v) is 5.70. The Morgan fingerprint density at radius 1 is 1.07 bits per heavy atom. The van der Waals surface area contributed by atoms with Crippen LogP contribution >= 0.6 is 0 Å². The molecule has 0 fully saturated rings. The molecule has 164 valence electrons. The summed E-state index contributed by atoms with van der Waals surface area (Å²) in [6.45, 7) is 10.8. The molecule has 0 saturated carbocycles. The molecule has 0 aliphatic heterocycles. The summed E-state index contributed by atoms with van der Waals surface area (Å²) >= 11 is 0. The second-order valence-electron chi connectivity index (χ2n) is 8.06. The maximum atomic E-state index is 12.9. The lowest BCUT2D eigenvalue weighted by Gasteiger charge is -2.25. The molecule has 6 nitrogen and oxygen atoms in total. The number of hydrogen-bond acceptors (Lipinski definition) is 4. The number of nitrogens with zero attached hydrogens (tertiary/aromatic N) is 1. The van der Waals surface area contributed by atoms with Crippen molar-refractivity contribution in [3.05, 3.63) is 59.7 Å². The van der Waals surface area contributed by atoms with Gasteiger partial charge in [-0.05, 0) is 54.2 Å². The lowest BCUT2D eigenvalue weighted by molar-refractivity contribution is 0.201. The summed E-state index contributed by atoms with van der Waals surface area (Å²) in [7, 11) is -3.60. The summed E-state index contributed by atoms with van der Waals surface area (Å²) in [4.78, 5) is 14.6. The van der Waals surface area contributed by atoms with E-state index in [0.717, 1.165) is 11.3 Å². The van der Waals surface area contributed by atoms with Crippen molar-refractivity contribution in [2.24, 2.45) is 5.92 Å². The standard InChI is InChI=1S/C23H32N2O4S/c1-6-30(27,28)29-22-9-7-8-19(14-22)16-25(15-17(2)3)23(26)24-21-12-10-20(11-13-21)18(4)5/h7-14,17-18H,6,15-16H2,1-5H3,(H,24,26). The van der Waals surface area contributed by atoms with Crippen LogP contribution in [0.1, 0.15) is 51.7 Å². The molecular weight excluding hydrogens is 400 g/mol. The first-order chi connectivity index (χ1) is 14.1. The van der Waals surface area contributed by atoms with Crippen molar-refractivity contribution >= 4 is 21.8 Å². The van der Waals surface area contributed by atoms with Crippen LogP contribution in [0.25, 0.3) is 0 Å². The molecule has 0 spiro atoms. The van der Waals surface area contributed by atoms with Crippen LogP contribution < -0.4 is 9.50 Å². The van der Waals surface area contributed by atoms with E-state index in [1.54, 1.807) is 23.1 Å². The van der Waals surface area contributed by atoms with Crippen LogP contribution in [0.2, 0.25) is 0 Å². The molecule has 0 unspecified atom stereocenters. The zero-order valence-corrected chi connectivity index (χ0v) is 19.2. The molecule has 7 heteroatoms. The van der Waals surface area contributed by atoms with Crippen molar-refractivity contribution in [3.8, 4) is 5.75 Å². The van der Waals surface area contributed by atoms with E-state index in [9.17, 15) is 13.2 Å². The minimum Gasteiger partial charge on any atom is -0.382 e. The lowest BCUT2D eigenvalue weighted by atomic mass is 10.0. The number of hydrogen-bond donors (Lipinski definition) is 1. The molecule has 2 amide bonds. The summed E-state index contributed by atoms with van der Waals surface area (Å²) in [5.74, 6) is 0.857. The van der Waals surface area contributed by atoms with E-state index >= 15 is 0 Å². The summed E-state index contributed by atoms with van der Waals surface area (Å²) < 4.78 is 28.6. The van der Waals surface area contributed by atoms with Crippen LogP contribution in [-0.4, -0.2) is 31.6 Å². The molecule has 0 aliphatic rings. The zero-order valence-electron chi connectivity index (χ0n) is 18.4. The van der Waals surface area contributed by atoms with Crippen molar-refractivity contribution in [3.63, 3.8) is 0 Å². The van der Waals surface area contributed by atoms with Gasteiger partial charge in [0.15, 0.2) is 0 Å². The van der Waals surface area contributed by atoms with Gasteiger partial charge in [0.1, 0.15) is 5.75 Å². The minimum atomic E-state index is -3.60. The zero-order chi connectivity index (χ0) is 22.3. The highest BCUT2D eigenvalue weighted by molar-refractivity contribution is 7.87. The van der Waals surface area contributed by atoms with Gasteiger partial charge in [0.2, 0.25) is 0 Å². The second kappa shape index (κ2) is 10.5. The Morgan fingerprint density at radius 3 is 2.30 bits per heavy atom. The van der Waals surface area contributed by atoms with Crippen molar-refractivity contribution in [1.29, 1.82) is 0 Å². The molecule has 0 atom stereocenters. The van der Waals surface area contributed by atoms with Gasteiger partial charge in [-0.2, -0.15) is 8.42 Å². The SMILES string of the molecule is CCS(=O)(=O)Oc1cccc(CN(CC(C)C)C(=O)Nc2ccc(C(C)C)cc2)c1. The van der Waals surface area contributed by atoms with Gasteiger partial charge in [-0.1, -0.05) is 52.0 Å². The first-order valence-corrected chi connectivity index (χ1v) is 11.8. The van der Waals surface area contributed by atoms with E-state index in [2.05, 4.69) is 19.2 Å². The third-order valence-electron chi connectivity index (χ3n) is 4.55. The average molecular weight is 433 g/mol. The number of carbonyl (C=O) groups excluding carboxylic acids is 1. The summed E-state index contributed by atoms with van der Waals surface area (Å²) in [6.07, 6.45) is 0. The van der Waals surface area contributed by atoms with Crippen molar-refractivity contribution < 1.29 is 17.4 Å². The summed E-state index contributed by atoms with van der Waals surface area (Å²) in [5, 5.41) is 2.96. The van der Waals surface area contributed by atoms with Crippen molar-refractivity contribution in [2.75, 3.05) is 17.6 Å². The van der Waals surface area contributed by atoms with Gasteiger partial charge in [0.25, 0.3) is 0 Å². The van der Waals surface area contributed by atoms with Crippen molar-refractivity contribution in [2.45, 2.75) is 47.1 Å². The van der Waals surface area contributed by atoms with Crippen LogP contribution in [0.4, 0.5) is 10.5 Å². The molecule has 1 N–H and O–H groups in total. The number of rotatable bonds is 9. The van der Waals surface area contributed by atoms with Gasteiger partial charge in [0.05, 0.1) is 5.75 Å². The van der Waals surface area contributed by atoms with Crippen molar-refractivity contribution in [1.82, 2.24) is 4.90 Å². The predicted octanol–water partition coefficient (Wildman–Crippen LogP) is 5.23. The molecule has 0 aromatic heterocycles. The highest BCUT2D eigenvalue weighted by Gasteiger charge is 2.17. The first kappa shape index (κ1) is 23.7. The van der Waals surface area contributed by atoms with Gasteiger partial charge in [-0.25, -0.2) is 4.79 Å². The Balaban J connectivity index is 2.14. The normalized spacial score (nSPS) is 11.6. The van der Waals surface area contributed by atoms with Crippen LogP contribution in [0.5, 0.6) is 5.75 Å². The number of nitrogens with one attached hydrogen (secondary N) is 1. The molecule has 0 heterocycles. The van der Waals surface area contributed by atoms with Gasteiger partial charge in [0, 0.05) is 18.8 Å². The minimum absolute atomic E-state index is 0.102. The number of carbonyl (C=O) groups is 1. The van der Waals surface area contributed by atoms with Crippen LogP contribution in [0, 0.1) is 5.92 Å². The smallest absolute Gasteiger partial charge is 0.322 e. The van der Waals surface area contributed by atoms with E-state index in [1.165, 1.54) is 12.5 Å². The van der Waals surface area contributed by atoms with Gasteiger partial charge >= 0.3 is 16.1 Å². The number of amides is 2. The Hall–Kier alpha value is -2.54. The highest BCUT2D eigenvalue weighted by Crippen LogP contribution is 2.20. The topological polar surface area (TPSA) is 75.7 Å². The fourth-order valence-corrected chi connectivity index (χ4v) is 3.45. The van der Waals surface area contributed by atoms with Gasteiger partial charge in [-0.15, -0.1) is 0 Å². The van der Waals surface area contributed by atoms with E-state index < -0.39 is 10.1 Å². The van der Waals surface area contributed by atoms with E-state index in [1.807, 2.05) is 44.2 Å².